The molecule has 6 nitrogen and oxygen atoms in total. The van der Waals surface area contributed by atoms with Gasteiger partial charge in [0.25, 0.3) is 11.6 Å². The quantitative estimate of drug-likeness (QED) is 0.616. The van der Waals surface area contributed by atoms with Gasteiger partial charge < -0.3 is 10.4 Å². The maximum atomic E-state index is 12.1. The minimum absolute atomic E-state index is 0.0252. The molecule has 0 radical (unpaired) electrons. The zero-order valence-corrected chi connectivity index (χ0v) is 11.9. The predicted octanol–water partition coefficient (Wildman–Crippen LogP) is 2.04. The number of nitrogens with one attached hydrogen (secondary N) is 1. The second kappa shape index (κ2) is 7.00. The third-order valence-corrected chi connectivity index (χ3v) is 2.90. The first-order valence-corrected chi connectivity index (χ1v) is 6.52. The topological polar surface area (TPSA) is 92.5 Å². The van der Waals surface area contributed by atoms with E-state index in [0.717, 1.165) is 5.56 Å². The summed E-state index contributed by atoms with van der Waals surface area (Å²) < 4.78 is 0. The van der Waals surface area contributed by atoms with Gasteiger partial charge >= 0.3 is 0 Å². The fraction of sp³-hybridized carbons (Fsp3) is 0.500. The molecule has 0 aliphatic rings. The van der Waals surface area contributed by atoms with Gasteiger partial charge in [-0.25, -0.2) is 0 Å². The van der Waals surface area contributed by atoms with Crippen LogP contribution < -0.4 is 5.32 Å². The molecule has 0 aliphatic heterocycles. The van der Waals surface area contributed by atoms with Crippen LogP contribution >= 0.6 is 0 Å². The number of hydrogen-bond acceptors (Lipinski definition) is 4. The fourth-order valence-corrected chi connectivity index (χ4v) is 2.00. The molecule has 0 saturated heterocycles. The second-order valence-corrected chi connectivity index (χ2v) is 5.26. The fourth-order valence-electron chi connectivity index (χ4n) is 2.00. The zero-order valence-electron chi connectivity index (χ0n) is 11.9. The van der Waals surface area contributed by atoms with E-state index in [0.29, 0.717) is 12.3 Å². The molecule has 1 aromatic carbocycles. The minimum atomic E-state index is -0.579. The highest BCUT2D eigenvalue weighted by molar-refractivity contribution is 5.98. The number of hydrogen-bond donors (Lipinski definition) is 2. The van der Waals surface area contributed by atoms with Gasteiger partial charge in [-0.15, -0.1) is 0 Å². The Bertz CT molecular complexity index is 500. The van der Waals surface area contributed by atoms with E-state index in [1.54, 1.807) is 13.0 Å². The Hall–Kier alpha value is -1.95. The largest absolute Gasteiger partial charge is 0.394 e. The molecule has 0 aromatic heterocycles. The van der Waals surface area contributed by atoms with Crippen molar-refractivity contribution in [3.05, 3.63) is 39.4 Å². The molecule has 2 N–H and O–H groups in total. The zero-order chi connectivity index (χ0) is 15.3. The number of aliphatic hydroxyl groups is 1. The number of nitrogens with zero attached hydrogens (tertiary/aromatic N) is 1. The van der Waals surface area contributed by atoms with E-state index in [1.807, 2.05) is 13.8 Å². The Labute approximate surface area is 118 Å². The van der Waals surface area contributed by atoms with Crippen LogP contribution in [0.1, 0.15) is 36.2 Å². The van der Waals surface area contributed by atoms with Crippen LogP contribution in [-0.2, 0) is 0 Å². The van der Waals surface area contributed by atoms with E-state index in [9.17, 15) is 20.0 Å². The number of aliphatic hydroxyl groups excluding tert-OH is 1. The lowest BCUT2D eigenvalue weighted by Gasteiger charge is -2.18. The van der Waals surface area contributed by atoms with Gasteiger partial charge in [0, 0.05) is 6.07 Å². The highest BCUT2D eigenvalue weighted by atomic mass is 16.6. The lowest BCUT2D eigenvalue weighted by molar-refractivity contribution is -0.385. The molecule has 1 unspecified atom stereocenters. The summed E-state index contributed by atoms with van der Waals surface area (Å²) >= 11 is 0. The second-order valence-electron chi connectivity index (χ2n) is 5.26. The summed E-state index contributed by atoms with van der Waals surface area (Å²) in [5, 5.41) is 22.8. The van der Waals surface area contributed by atoms with Gasteiger partial charge in [-0.1, -0.05) is 19.9 Å². The molecule has 110 valence electrons. The normalized spacial score (nSPS) is 12.2. The van der Waals surface area contributed by atoms with Crippen LogP contribution in [0.3, 0.4) is 0 Å². The first-order valence-electron chi connectivity index (χ1n) is 6.52. The number of carbonyl (C=O) groups is 1. The first-order chi connectivity index (χ1) is 9.35. The van der Waals surface area contributed by atoms with Crippen molar-refractivity contribution in [3.63, 3.8) is 0 Å². The van der Waals surface area contributed by atoms with E-state index in [1.165, 1.54) is 12.1 Å². The van der Waals surface area contributed by atoms with E-state index < -0.39 is 16.9 Å². The number of nitro benzene ring substituents is 1. The van der Waals surface area contributed by atoms with Crippen LogP contribution in [0, 0.1) is 23.0 Å². The Kier molecular flexibility index (Phi) is 5.64. The SMILES string of the molecule is Cc1ccc([N+](=O)[O-])c(C(=O)NC(CO)CC(C)C)c1. The molecule has 0 saturated carbocycles. The number of benzene rings is 1. The van der Waals surface area contributed by atoms with E-state index in [4.69, 9.17) is 0 Å². The maximum Gasteiger partial charge on any atom is 0.282 e. The summed E-state index contributed by atoms with van der Waals surface area (Å²) in [4.78, 5) is 22.5. The van der Waals surface area contributed by atoms with Gasteiger partial charge in [0.2, 0.25) is 0 Å². The van der Waals surface area contributed by atoms with Crippen molar-refractivity contribution < 1.29 is 14.8 Å². The summed E-state index contributed by atoms with van der Waals surface area (Å²) in [6.07, 6.45) is 0.613. The summed E-state index contributed by atoms with van der Waals surface area (Å²) in [5.74, 6) is -0.222. The average Bonchev–Trinajstić information content (AvgIpc) is 2.36. The van der Waals surface area contributed by atoms with Crippen molar-refractivity contribution in [1.29, 1.82) is 0 Å². The molecule has 0 spiro atoms. The summed E-state index contributed by atoms with van der Waals surface area (Å²) in [5.41, 5.74) is 0.566. The molecule has 1 rings (SSSR count). The molecule has 1 aromatic rings. The van der Waals surface area contributed by atoms with E-state index in [2.05, 4.69) is 5.32 Å². The molecular formula is C14H20N2O4. The lowest BCUT2D eigenvalue weighted by Crippen LogP contribution is -2.38. The smallest absolute Gasteiger partial charge is 0.282 e. The molecular weight excluding hydrogens is 260 g/mol. The molecule has 0 bridgehead atoms. The van der Waals surface area contributed by atoms with Crippen LogP contribution in [0.5, 0.6) is 0 Å². The van der Waals surface area contributed by atoms with Crippen molar-refractivity contribution in [1.82, 2.24) is 5.32 Å². The number of nitro groups is 1. The van der Waals surface area contributed by atoms with Gasteiger partial charge in [-0.3, -0.25) is 14.9 Å². The van der Waals surface area contributed by atoms with Crippen LogP contribution in [-0.4, -0.2) is 28.6 Å². The van der Waals surface area contributed by atoms with Crippen molar-refractivity contribution in [2.75, 3.05) is 6.61 Å². The first kappa shape index (κ1) is 16.1. The third kappa shape index (κ3) is 4.31. The Balaban J connectivity index is 2.96. The standard InChI is InChI=1S/C14H20N2O4/c1-9(2)6-11(8-17)15-14(18)12-7-10(3)4-5-13(12)16(19)20/h4-5,7,9,11,17H,6,8H2,1-3H3,(H,15,18). The molecule has 0 aliphatic carbocycles. The number of carbonyl (C=O) groups excluding carboxylic acids is 1. The van der Waals surface area contributed by atoms with Crippen molar-refractivity contribution in [2.45, 2.75) is 33.2 Å². The predicted molar refractivity (Wildman–Crippen MR) is 75.6 cm³/mol. The molecule has 6 heteroatoms. The monoisotopic (exact) mass is 280 g/mol. The van der Waals surface area contributed by atoms with Crippen LogP contribution in [0.15, 0.2) is 18.2 Å². The third-order valence-electron chi connectivity index (χ3n) is 2.90. The molecule has 0 fully saturated rings. The van der Waals surface area contributed by atoms with Gasteiger partial charge in [0.15, 0.2) is 0 Å². The van der Waals surface area contributed by atoms with Gasteiger partial charge in [0.05, 0.1) is 17.6 Å². The van der Waals surface area contributed by atoms with Gasteiger partial charge in [-0.2, -0.15) is 0 Å². The minimum Gasteiger partial charge on any atom is -0.394 e. The lowest BCUT2D eigenvalue weighted by atomic mass is 10.0. The van der Waals surface area contributed by atoms with Crippen molar-refractivity contribution in [3.8, 4) is 0 Å². The van der Waals surface area contributed by atoms with Crippen molar-refractivity contribution in [2.24, 2.45) is 5.92 Å². The van der Waals surface area contributed by atoms with E-state index in [-0.39, 0.29) is 17.9 Å². The number of rotatable bonds is 6. The highest BCUT2D eigenvalue weighted by Crippen LogP contribution is 2.20. The molecule has 20 heavy (non-hydrogen) atoms. The van der Waals surface area contributed by atoms with Crippen LogP contribution in [0.2, 0.25) is 0 Å². The Morgan fingerprint density at radius 3 is 2.60 bits per heavy atom. The van der Waals surface area contributed by atoms with Crippen LogP contribution in [0.4, 0.5) is 5.69 Å². The molecule has 1 atom stereocenters. The number of aryl methyl sites for hydroxylation is 1. The van der Waals surface area contributed by atoms with E-state index >= 15 is 0 Å². The van der Waals surface area contributed by atoms with Crippen LogP contribution in [0.25, 0.3) is 0 Å². The molecule has 1 amide bonds. The summed E-state index contributed by atoms with van der Waals surface area (Å²) in [6.45, 7) is 5.52. The van der Waals surface area contributed by atoms with Gasteiger partial charge in [-0.05, 0) is 30.9 Å². The number of amides is 1. The maximum absolute atomic E-state index is 12.1. The van der Waals surface area contributed by atoms with Crippen molar-refractivity contribution >= 4 is 11.6 Å². The molecule has 0 heterocycles. The Morgan fingerprint density at radius 2 is 2.10 bits per heavy atom. The average molecular weight is 280 g/mol. The highest BCUT2D eigenvalue weighted by Gasteiger charge is 2.22. The van der Waals surface area contributed by atoms with Gasteiger partial charge in [0.1, 0.15) is 5.56 Å². The Morgan fingerprint density at radius 1 is 1.45 bits per heavy atom. The summed E-state index contributed by atoms with van der Waals surface area (Å²) in [7, 11) is 0. The summed E-state index contributed by atoms with van der Waals surface area (Å²) in [6, 6.07) is 3.99.